The summed E-state index contributed by atoms with van der Waals surface area (Å²) in [4.78, 5) is 0. The number of quaternary nitrogens is 1. The fourth-order valence-electron chi connectivity index (χ4n) is 3.30. The number of nitrogens with zero attached hydrogens (tertiary/aromatic N) is 3. The average Bonchev–Trinajstić information content (AvgIpc) is 2.81. The number of aryl methyl sites for hydroxylation is 2. The summed E-state index contributed by atoms with van der Waals surface area (Å²) in [5, 5.41) is 4.54. The Balaban J connectivity index is 0.00000192. The lowest BCUT2D eigenvalue weighted by atomic mass is 10.1. The highest BCUT2D eigenvalue weighted by Crippen LogP contribution is 2.27. The van der Waals surface area contributed by atoms with Gasteiger partial charge in [0, 0.05) is 5.69 Å². The Morgan fingerprint density at radius 2 is 1.91 bits per heavy atom. The Hall–Kier alpha value is -1.75. The summed E-state index contributed by atoms with van der Waals surface area (Å²) in [6, 6.07) is 4.09. The molecule has 2 N–H and O–H groups in total. The van der Waals surface area contributed by atoms with Gasteiger partial charge in [-0.2, -0.15) is 0 Å². The largest absolute Gasteiger partial charge is 0.469 e. The van der Waals surface area contributed by atoms with E-state index in [4.69, 9.17) is 10.5 Å². The number of aromatic nitrogens is 2. The summed E-state index contributed by atoms with van der Waals surface area (Å²) in [6.07, 6.45) is 4.02. The highest BCUT2D eigenvalue weighted by Gasteiger charge is 2.24. The maximum Gasteiger partial charge on any atom is 0.257 e. The molecule has 0 bridgehead atoms. The quantitative estimate of drug-likeness (QED) is 0.696. The Morgan fingerprint density at radius 3 is 2.61 bits per heavy atom. The topological polar surface area (TPSA) is 52.5 Å². The van der Waals surface area contributed by atoms with E-state index in [0.717, 1.165) is 22.2 Å². The molecule has 0 aromatic carbocycles. The van der Waals surface area contributed by atoms with Gasteiger partial charge in [0.15, 0.2) is 0 Å². The van der Waals surface area contributed by atoms with Gasteiger partial charge in [-0.1, -0.05) is 6.07 Å². The highest BCUT2D eigenvalue weighted by molar-refractivity contribution is 5.75. The van der Waals surface area contributed by atoms with Crippen LogP contribution in [0.1, 0.15) is 30.5 Å². The smallest absolute Gasteiger partial charge is 0.257 e. The molecule has 5 heteroatoms. The molecule has 1 fully saturated rings. The van der Waals surface area contributed by atoms with E-state index in [2.05, 4.69) is 32.1 Å². The van der Waals surface area contributed by atoms with Gasteiger partial charge in [-0.3, -0.25) is 0 Å². The van der Waals surface area contributed by atoms with Crippen LogP contribution in [-0.2, 0) is 0 Å². The van der Waals surface area contributed by atoms with Crippen molar-refractivity contribution in [1.82, 2.24) is 9.61 Å². The Morgan fingerprint density at radius 1 is 1.22 bits per heavy atom. The minimum atomic E-state index is 0. The Bertz CT molecular complexity index is 671. The third kappa shape index (κ3) is 3.44. The first-order valence-electron chi connectivity index (χ1n) is 8.21. The lowest BCUT2D eigenvalue weighted by Gasteiger charge is -2.37. The van der Waals surface area contributed by atoms with Crippen molar-refractivity contribution in [2.24, 2.45) is 0 Å². The van der Waals surface area contributed by atoms with Gasteiger partial charge in [-0.25, -0.2) is 4.52 Å². The molecule has 0 unspecified atom stereocenters. The maximum atomic E-state index is 6.20. The fraction of sp³-hybridized carbons (Fsp3) is 0.556. The minimum Gasteiger partial charge on any atom is -0.469 e. The fourth-order valence-corrected chi connectivity index (χ4v) is 3.30. The van der Waals surface area contributed by atoms with Gasteiger partial charge < -0.3 is 22.4 Å². The van der Waals surface area contributed by atoms with Crippen LogP contribution in [0.15, 0.2) is 12.1 Å². The summed E-state index contributed by atoms with van der Waals surface area (Å²) in [5.74, 6) is 0.567. The normalized spacial score (nSPS) is 17.0. The number of fused-ring (bicyclic) bond motifs is 1. The Labute approximate surface area is 139 Å². The van der Waals surface area contributed by atoms with E-state index in [9.17, 15) is 0 Å². The number of nitrogen functional groups attached to an aromatic ring is 1. The molecule has 3 rings (SSSR count). The second-order valence-electron chi connectivity index (χ2n) is 6.82. The second kappa shape index (κ2) is 6.79. The SMILES string of the molecule is Cc1ccc2c(N)c(OCC[N+]3(C)CCCCC3)nn2c1C.[CH3-]. The van der Waals surface area contributed by atoms with Crippen LogP contribution in [0.5, 0.6) is 5.88 Å². The van der Waals surface area contributed by atoms with Crippen molar-refractivity contribution >= 4 is 11.2 Å². The van der Waals surface area contributed by atoms with E-state index in [1.165, 1.54) is 37.9 Å². The highest BCUT2D eigenvalue weighted by atomic mass is 16.5. The second-order valence-corrected chi connectivity index (χ2v) is 6.82. The lowest BCUT2D eigenvalue weighted by Crippen LogP contribution is -2.50. The molecule has 0 radical (unpaired) electrons. The molecule has 5 nitrogen and oxygen atoms in total. The van der Waals surface area contributed by atoms with Crippen molar-refractivity contribution in [2.45, 2.75) is 33.1 Å². The summed E-state index contributed by atoms with van der Waals surface area (Å²) in [7, 11) is 2.32. The maximum absolute atomic E-state index is 6.20. The van der Waals surface area contributed by atoms with E-state index >= 15 is 0 Å². The summed E-state index contributed by atoms with van der Waals surface area (Å²) in [5.41, 5.74) is 10.1. The van der Waals surface area contributed by atoms with E-state index in [0.29, 0.717) is 18.2 Å². The van der Waals surface area contributed by atoms with Crippen LogP contribution in [0.2, 0.25) is 0 Å². The van der Waals surface area contributed by atoms with Crippen LogP contribution in [0.3, 0.4) is 0 Å². The first kappa shape index (κ1) is 17.6. The number of hydrogen-bond acceptors (Lipinski definition) is 3. The zero-order valence-corrected chi connectivity index (χ0v) is 14.9. The van der Waals surface area contributed by atoms with Crippen molar-refractivity contribution in [2.75, 3.05) is 39.0 Å². The number of nitrogens with two attached hydrogens (primary N) is 1. The van der Waals surface area contributed by atoms with Gasteiger partial charge in [-0.15, -0.1) is 5.10 Å². The van der Waals surface area contributed by atoms with Crippen LogP contribution in [0.25, 0.3) is 5.52 Å². The molecule has 1 aliphatic heterocycles. The molecular formula is C18H30N4O. The van der Waals surface area contributed by atoms with E-state index in [-0.39, 0.29) is 7.43 Å². The zero-order chi connectivity index (χ0) is 15.7. The predicted molar refractivity (Wildman–Crippen MR) is 95.6 cm³/mol. The monoisotopic (exact) mass is 318 g/mol. The molecule has 2 aromatic rings. The molecule has 128 valence electrons. The van der Waals surface area contributed by atoms with Gasteiger partial charge in [0.2, 0.25) is 0 Å². The molecule has 0 amide bonds. The molecule has 3 heterocycles. The summed E-state index contributed by atoms with van der Waals surface area (Å²) < 4.78 is 8.90. The number of likely N-dealkylation sites (tertiary alicyclic amines) is 1. The standard InChI is InChI=1S/C17H27N4O.CH3/c1-13-7-8-15-16(18)17(19-20(15)14(13)2)22-12-11-21(3)9-5-4-6-10-21;/h7-8H,4-6,9-12,18H2,1-3H3;1H3/q+1;-1. The molecule has 0 spiro atoms. The summed E-state index contributed by atoms with van der Waals surface area (Å²) in [6.45, 7) is 8.33. The van der Waals surface area contributed by atoms with Crippen molar-refractivity contribution in [3.63, 3.8) is 0 Å². The first-order chi connectivity index (χ1) is 10.5. The van der Waals surface area contributed by atoms with E-state index in [1.807, 2.05) is 10.6 Å². The van der Waals surface area contributed by atoms with Gasteiger partial charge in [-0.05, 0) is 44.7 Å². The number of ether oxygens (including phenoxy) is 1. The lowest BCUT2D eigenvalue weighted by molar-refractivity contribution is -0.914. The predicted octanol–water partition coefficient (Wildman–Crippen LogP) is 2.99. The Kier molecular flexibility index (Phi) is 5.19. The number of rotatable bonds is 4. The molecule has 1 saturated heterocycles. The van der Waals surface area contributed by atoms with Crippen molar-refractivity contribution in [3.05, 3.63) is 30.8 Å². The van der Waals surface area contributed by atoms with Crippen LogP contribution in [0.4, 0.5) is 5.69 Å². The summed E-state index contributed by atoms with van der Waals surface area (Å²) >= 11 is 0. The third-order valence-electron chi connectivity index (χ3n) is 5.07. The number of likely N-dealkylation sites (N-methyl/N-ethyl adjacent to an activating group) is 1. The zero-order valence-electron chi connectivity index (χ0n) is 14.9. The van der Waals surface area contributed by atoms with Gasteiger partial charge in [0.25, 0.3) is 5.88 Å². The van der Waals surface area contributed by atoms with Crippen LogP contribution in [-0.4, -0.2) is 47.4 Å². The number of piperidine rings is 1. The van der Waals surface area contributed by atoms with Crippen LogP contribution < -0.4 is 10.5 Å². The number of anilines is 1. The third-order valence-corrected chi connectivity index (χ3v) is 5.07. The van der Waals surface area contributed by atoms with Crippen LogP contribution >= 0.6 is 0 Å². The van der Waals surface area contributed by atoms with Crippen LogP contribution in [0, 0.1) is 21.3 Å². The molecule has 0 saturated carbocycles. The molecule has 23 heavy (non-hydrogen) atoms. The average molecular weight is 318 g/mol. The van der Waals surface area contributed by atoms with Crippen molar-refractivity contribution in [3.8, 4) is 5.88 Å². The van der Waals surface area contributed by atoms with Gasteiger partial charge in [0.1, 0.15) is 18.8 Å². The molecule has 1 aliphatic rings. The van der Waals surface area contributed by atoms with E-state index in [1.54, 1.807) is 0 Å². The molecule has 0 aliphatic carbocycles. The molecule has 2 aromatic heterocycles. The van der Waals surface area contributed by atoms with Gasteiger partial charge >= 0.3 is 0 Å². The first-order valence-corrected chi connectivity index (χ1v) is 8.21. The van der Waals surface area contributed by atoms with Gasteiger partial charge in [0.05, 0.1) is 25.7 Å². The molecule has 0 atom stereocenters. The van der Waals surface area contributed by atoms with Crippen molar-refractivity contribution in [1.29, 1.82) is 0 Å². The minimum absolute atomic E-state index is 0. The van der Waals surface area contributed by atoms with E-state index < -0.39 is 0 Å². The molecular weight excluding hydrogens is 288 g/mol. The number of pyridine rings is 1. The van der Waals surface area contributed by atoms with Crippen molar-refractivity contribution < 1.29 is 9.22 Å². The number of hydrogen-bond donors (Lipinski definition) is 1.